The van der Waals surface area contributed by atoms with E-state index in [9.17, 15) is 9.90 Å². The molecule has 2 saturated heterocycles. The molecule has 2 atom stereocenters. The molecule has 1 aromatic carbocycles. The summed E-state index contributed by atoms with van der Waals surface area (Å²) in [5.41, 5.74) is 0.545. The maximum Gasteiger partial charge on any atom is 0.311 e. The van der Waals surface area contributed by atoms with E-state index in [4.69, 9.17) is 16.3 Å². The van der Waals surface area contributed by atoms with Crippen LogP contribution in [0.1, 0.15) is 24.8 Å². The molecule has 6 heteroatoms. The van der Waals surface area contributed by atoms with Crippen LogP contribution in [-0.2, 0) is 11.3 Å². The number of benzene rings is 1. The average Bonchev–Trinajstić information content (AvgIpc) is 2.56. The summed E-state index contributed by atoms with van der Waals surface area (Å²) in [5, 5.41) is 10.4. The third kappa shape index (κ3) is 3.13. The molecule has 132 valence electrons. The van der Waals surface area contributed by atoms with E-state index in [1.54, 1.807) is 7.11 Å². The number of carbonyl (C=O) groups is 1. The molecule has 0 amide bonds. The second-order valence-corrected chi connectivity index (χ2v) is 7.42. The van der Waals surface area contributed by atoms with Gasteiger partial charge in [-0.3, -0.25) is 9.69 Å². The number of ether oxygens (including phenoxy) is 1. The monoisotopic (exact) mass is 352 g/mol. The summed E-state index contributed by atoms with van der Waals surface area (Å²) >= 11 is 6.22. The number of hydrogen-bond acceptors (Lipinski definition) is 4. The SMILES string of the molecule is COc1ccc(CN2CC[C@@]3(C(=O)O)CCCN(C)[C@@H]3C2)cc1Cl. The summed E-state index contributed by atoms with van der Waals surface area (Å²) < 4.78 is 5.20. The maximum atomic E-state index is 12.0. The molecule has 5 nitrogen and oxygen atoms in total. The van der Waals surface area contributed by atoms with E-state index in [1.165, 1.54) is 0 Å². The Kier molecular flexibility index (Phi) is 5.04. The number of likely N-dealkylation sites (tertiary alicyclic amines) is 2. The van der Waals surface area contributed by atoms with Gasteiger partial charge in [-0.05, 0) is 57.1 Å². The van der Waals surface area contributed by atoms with Gasteiger partial charge in [0.05, 0.1) is 17.5 Å². The Bertz CT molecular complexity index is 624. The van der Waals surface area contributed by atoms with Crippen LogP contribution in [0.15, 0.2) is 18.2 Å². The van der Waals surface area contributed by atoms with Gasteiger partial charge in [-0.25, -0.2) is 0 Å². The van der Waals surface area contributed by atoms with Gasteiger partial charge < -0.3 is 14.7 Å². The number of aliphatic carboxylic acids is 1. The molecule has 0 saturated carbocycles. The van der Waals surface area contributed by atoms with Gasteiger partial charge in [0, 0.05) is 19.1 Å². The molecule has 1 aromatic rings. The van der Waals surface area contributed by atoms with Crippen LogP contribution in [-0.4, -0.2) is 60.7 Å². The first-order valence-electron chi connectivity index (χ1n) is 8.45. The normalized spacial score (nSPS) is 28.4. The number of likely N-dealkylation sites (N-methyl/N-ethyl adjacent to an activating group) is 1. The highest BCUT2D eigenvalue weighted by molar-refractivity contribution is 6.32. The van der Waals surface area contributed by atoms with Gasteiger partial charge in [0.2, 0.25) is 0 Å². The minimum absolute atomic E-state index is 0.0752. The third-order valence-corrected chi connectivity index (χ3v) is 5.95. The highest BCUT2D eigenvalue weighted by Gasteiger charge is 2.52. The van der Waals surface area contributed by atoms with Gasteiger partial charge >= 0.3 is 5.97 Å². The first-order valence-corrected chi connectivity index (χ1v) is 8.82. The van der Waals surface area contributed by atoms with Crippen molar-refractivity contribution >= 4 is 17.6 Å². The van der Waals surface area contributed by atoms with Gasteiger partial charge in [-0.2, -0.15) is 0 Å². The van der Waals surface area contributed by atoms with E-state index in [2.05, 4.69) is 16.8 Å². The zero-order valence-electron chi connectivity index (χ0n) is 14.3. The van der Waals surface area contributed by atoms with Crippen LogP contribution in [0.3, 0.4) is 0 Å². The Labute approximate surface area is 148 Å². The van der Waals surface area contributed by atoms with Gasteiger partial charge in [0.1, 0.15) is 5.75 Å². The minimum Gasteiger partial charge on any atom is -0.495 e. The Morgan fingerprint density at radius 1 is 1.42 bits per heavy atom. The first kappa shape index (κ1) is 17.5. The summed E-state index contributed by atoms with van der Waals surface area (Å²) in [5.74, 6) is 0.0437. The topological polar surface area (TPSA) is 53.0 Å². The lowest BCUT2D eigenvalue weighted by atomic mass is 9.68. The molecular formula is C18H25ClN2O3. The van der Waals surface area contributed by atoms with E-state index >= 15 is 0 Å². The van der Waals surface area contributed by atoms with Crippen LogP contribution in [0.5, 0.6) is 5.75 Å². The smallest absolute Gasteiger partial charge is 0.311 e. The molecule has 2 fully saturated rings. The van der Waals surface area contributed by atoms with Crippen LogP contribution < -0.4 is 4.74 Å². The van der Waals surface area contributed by atoms with Crippen molar-refractivity contribution in [3.05, 3.63) is 28.8 Å². The molecule has 0 radical (unpaired) electrons. The quantitative estimate of drug-likeness (QED) is 0.903. The Morgan fingerprint density at radius 3 is 2.88 bits per heavy atom. The van der Waals surface area contributed by atoms with Crippen LogP contribution in [0.2, 0.25) is 5.02 Å². The molecule has 2 heterocycles. The van der Waals surface area contributed by atoms with E-state index < -0.39 is 11.4 Å². The van der Waals surface area contributed by atoms with Gasteiger partial charge in [0.25, 0.3) is 0 Å². The fourth-order valence-electron chi connectivity index (χ4n) is 4.25. The van der Waals surface area contributed by atoms with Crippen LogP contribution in [0.25, 0.3) is 0 Å². The van der Waals surface area contributed by atoms with E-state index in [0.717, 1.165) is 44.6 Å². The molecule has 0 bridgehead atoms. The predicted molar refractivity (Wildman–Crippen MR) is 93.6 cm³/mol. The summed E-state index contributed by atoms with van der Waals surface area (Å²) in [6, 6.07) is 5.92. The zero-order chi connectivity index (χ0) is 17.3. The van der Waals surface area contributed by atoms with Gasteiger partial charge in [-0.15, -0.1) is 0 Å². The summed E-state index contributed by atoms with van der Waals surface area (Å²) in [6.45, 7) is 3.35. The second-order valence-electron chi connectivity index (χ2n) is 7.02. The fourth-order valence-corrected chi connectivity index (χ4v) is 4.53. The van der Waals surface area contributed by atoms with Crippen molar-refractivity contribution in [2.24, 2.45) is 5.41 Å². The molecule has 0 aromatic heterocycles. The highest BCUT2D eigenvalue weighted by atomic mass is 35.5. The van der Waals surface area contributed by atoms with E-state index in [0.29, 0.717) is 17.2 Å². The molecule has 0 aliphatic carbocycles. The lowest BCUT2D eigenvalue weighted by Gasteiger charge is -2.51. The minimum atomic E-state index is -0.633. The van der Waals surface area contributed by atoms with Crippen molar-refractivity contribution in [1.29, 1.82) is 0 Å². The lowest BCUT2D eigenvalue weighted by Crippen LogP contribution is -2.62. The molecule has 0 unspecified atom stereocenters. The number of piperidine rings is 2. The zero-order valence-corrected chi connectivity index (χ0v) is 15.1. The van der Waals surface area contributed by atoms with Crippen molar-refractivity contribution in [3.63, 3.8) is 0 Å². The molecule has 2 aliphatic rings. The molecule has 0 spiro atoms. The molecule has 2 aliphatic heterocycles. The number of rotatable bonds is 4. The van der Waals surface area contributed by atoms with Gasteiger partial charge in [0.15, 0.2) is 0 Å². The van der Waals surface area contributed by atoms with Crippen molar-refractivity contribution in [2.45, 2.75) is 31.8 Å². The molecule has 1 N–H and O–H groups in total. The summed E-state index contributed by atoms with van der Waals surface area (Å²) in [6.07, 6.45) is 2.47. The van der Waals surface area contributed by atoms with Crippen LogP contribution in [0.4, 0.5) is 0 Å². The Balaban J connectivity index is 1.74. The molecular weight excluding hydrogens is 328 g/mol. The largest absolute Gasteiger partial charge is 0.495 e. The second kappa shape index (κ2) is 6.90. The number of fused-ring (bicyclic) bond motifs is 1. The predicted octanol–water partition coefficient (Wildman–Crippen LogP) is 2.72. The van der Waals surface area contributed by atoms with Crippen molar-refractivity contribution in [1.82, 2.24) is 9.80 Å². The number of nitrogens with zero attached hydrogens (tertiary/aromatic N) is 2. The van der Waals surface area contributed by atoms with Gasteiger partial charge in [-0.1, -0.05) is 17.7 Å². The van der Waals surface area contributed by atoms with Crippen molar-refractivity contribution in [3.8, 4) is 5.75 Å². The van der Waals surface area contributed by atoms with E-state index in [-0.39, 0.29) is 6.04 Å². The number of carboxylic acid groups (broad SMARTS) is 1. The Morgan fingerprint density at radius 2 is 2.21 bits per heavy atom. The maximum absolute atomic E-state index is 12.0. The first-order chi connectivity index (χ1) is 11.5. The average molecular weight is 353 g/mol. The fraction of sp³-hybridized carbons (Fsp3) is 0.611. The lowest BCUT2D eigenvalue weighted by molar-refractivity contribution is -0.162. The molecule has 3 rings (SSSR count). The third-order valence-electron chi connectivity index (χ3n) is 5.66. The van der Waals surface area contributed by atoms with Crippen LogP contribution >= 0.6 is 11.6 Å². The van der Waals surface area contributed by atoms with Crippen molar-refractivity contribution in [2.75, 3.05) is 33.8 Å². The molecule has 24 heavy (non-hydrogen) atoms. The highest BCUT2D eigenvalue weighted by Crippen LogP contribution is 2.42. The standard InChI is InChI=1S/C18H25ClN2O3/c1-20-8-3-6-18(17(22)23)7-9-21(12-16(18)20)11-13-4-5-15(24-2)14(19)10-13/h4-5,10,16H,3,6-9,11-12H2,1-2H3,(H,22,23)/t16-,18+/m1/s1. The number of hydrogen-bond donors (Lipinski definition) is 1. The summed E-state index contributed by atoms with van der Waals surface area (Å²) in [4.78, 5) is 16.5. The number of methoxy groups -OCH3 is 1. The summed E-state index contributed by atoms with van der Waals surface area (Å²) in [7, 11) is 3.66. The van der Waals surface area contributed by atoms with Crippen molar-refractivity contribution < 1.29 is 14.6 Å². The van der Waals surface area contributed by atoms with E-state index in [1.807, 2.05) is 18.2 Å². The number of halogens is 1. The Hall–Kier alpha value is -1.30. The number of carboxylic acids is 1. The van der Waals surface area contributed by atoms with Crippen LogP contribution in [0, 0.1) is 5.41 Å².